The first-order valence-corrected chi connectivity index (χ1v) is 8.59. The lowest BCUT2D eigenvalue weighted by molar-refractivity contribution is -0.122. The number of fused-ring (bicyclic) bond motifs is 2. The molecule has 140 valence electrons. The third-order valence-electron chi connectivity index (χ3n) is 5.11. The van der Waals surface area contributed by atoms with Gasteiger partial charge in [-0.05, 0) is 18.3 Å². The molecular weight excluding hydrogens is 348 g/mol. The summed E-state index contributed by atoms with van der Waals surface area (Å²) in [4.78, 5) is 32.3. The van der Waals surface area contributed by atoms with Crippen LogP contribution in [0.15, 0.2) is 30.7 Å². The maximum absolute atomic E-state index is 11.9. The van der Waals surface area contributed by atoms with Crippen molar-refractivity contribution in [1.82, 2.24) is 19.7 Å². The molecule has 2 aliphatic carbocycles. The fraction of sp³-hybridized carbons (Fsp3) is 0.353. The van der Waals surface area contributed by atoms with Gasteiger partial charge in [0, 0.05) is 25.5 Å². The first-order valence-electron chi connectivity index (χ1n) is 8.59. The molecule has 2 heterocycles. The number of nitrogens with zero attached hydrogens (tertiary/aromatic N) is 4. The molecule has 4 rings (SSSR count). The second-order valence-corrected chi connectivity index (χ2v) is 6.89. The van der Waals surface area contributed by atoms with Gasteiger partial charge in [0.2, 0.25) is 11.9 Å². The van der Waals surface area contributed by atoms with Gasteiger partial charge in [-0.25, -0.2) is 4.98 Å². The molecule has 0 spiro atoms. The zero-order valence-electron chi connectivity index (χ0n) is 14.7. The summed E-state index contributed by atoms with van der Waals surface area (Å²) in [6.45, 7) is 0. The predicted molar refractivity (Wildman–Crippen MR) is 97.9 cm³/mol. The standard InChI is InChI=1S/C17H20N8O2/c1-25-7-10(5-21-25)22-17-20-6-11(14(18)26)16(24-17)23-13-9-3-2-8(4-9)12(13)15(19)27/h2-3,5-9,12-13H,4H2,1H3,(H2,18,26)(H2,19,27)(H2,20,22,23,24)/t8-,9-,12-,13+/m0/s1. The van der Waals surface area contributed by atoms with Crippen LogP contribution in [-0.4, -0.2) is 37.6 Å². The van der Waals surface area contributed by atoms with E-state index in [4.69, 9.17) is 11.5 Å². The van der Waals surface area contributed by atoms with Gasteiger partial charge in [-0.1, -0.05) is 12.2 Å². The Morgan fingerprint density at radius 1 is 1.22 bits per heavy atom. The number of hydrogen-bond donors (Lipinski definition) is 4. The Kier molecular flexibility index (Phi) is 4.02. The van der Waals surface area contributed by atoms with Crippen LogP contribution in [0.5, 0.6) is 0 Å². The second-order valence-electron chi connectivity index (χ2n) is 6.89. The maximum atomic E-state index is 11.9. The largest absolute Gasteiger partial charge is 0.369 e. The van der Waals surface area contributed by atoms with Crippen molar-refractivity contribution in [2.45, 2.75) is 12.5 Å². The number of amides is 2. The van der Waals surface area contributed by atoms with Gasteiger partial charge >= 0.3 is 0 Å². The van der Waals surface area contributed by atoms with Gasteiger partial charge in [0.05, 0.1) is 23.4 Å². The van der Waals surface area contributed by atoms with E-state index in [1.54, 1.807) is 24.1 Å². The smallest absolute Gasteiger partial charge is 0.254 e. The highest BCUT2D eigenvalue weighted by Crippen LogP contribution is 2.45. The first-order chi connectivity index (χ1) is 12.9. The first kappa shape index (κ1) is 17.0. The zero-order valence-corrected chi connectivity index (χ0v) is 14.7. The van der Waals surface area contributed by atoms with Gasteiger partial charge < -0.3 is 22.1 Å². The number of nitrogens with two attached hydrogens (primary N) is 2. The lowest BCUT2D eigenvalue weighted by Crippen LogP contribution is -2.41. The molecule has 0 aromatic carbocycles. The van der Waals surface area contributed by atoms with Crippen LogP contribution in [-0.2, 0) is 11.8 Å². The van der Waals surface area contributed by atoms with E-state index >= 15 is 0 Å². The fourth-order valence-electron chi connectivity index (χ4n) is 3.91. The van der Waals surface area contributed by atoms with Crippen LogP contribution in [0, 0.1) is 17.8 Å². The minimum atomic E-state index is -0.653. The second kappa shape index (κ2) is 6.38. The summed E-state index contributed by atoms with van der Waals surface area (Å²) in [6.07, 6.45) is 9.71. The third kappa shape index (κ3) is 3.09. The number of carbonyl (C=O) groups is 2. The molecule has 0 radical (unpaired) electrons. The SMILES string of the molecule is Cn1cc(Nc2ncc(C(N)=O)c(N[C@H]3[C@@H](C(N)=O)[C@H]4C=C[C@H]3C4)n2)cn1. The number of anilines is 3. The number of aryl methyl sites for hydroxylation is 1. The minimum absolute atomic E-state index is 0.108. The third-order valence-corrected chi connectivity index (χ3v) is 5.11. The van der Waals surface area contributed by atoms with E-state index in [9.17, 15) is 9.59 Å². The number of carbonyl (C=O) groups excluding carboxylic acids is 2. The van der Waals surface area contributed by atoms with Gasteiger partial charge in [-0.15, -0.1) is 0 Å². The van der Waals surface area contributed by atoms with E-state index in [2.05, 4.69) is 31.8 Å². The fourth-order valence-corrected chi connectivity index (χ4v) is 3.91. The van der Waals surface area contributed by atoms with Crippen LogP contribution in [0.2, 0.25) is 0 Å². The van der Waals surface area contributed by atoms with Crippen molar-refractivity contribution >= 4 is 29.3 Å². The average Bonchev–Trinajstić information content (AvgIpc) is 3.31. The quantitative estimate of drug-likeness (QED) is 0.529. The summed E-state index contributed by atoms with van der Waals surface area (Å²) in [6, 6.07) is -0.239. The van der Waals surface area contributed by atoms with Gasteiger partial charge in [-0.2, -0.15) is 10.1 Å². The Hall–Kier alpha value is -3.43. The van der Waals surface area contributed by atoms with E-state index in [-0.39, 0.29) is 47.0 Å². The van der Waals surface area contributed by atoms with Gasteiger partial charge in [-0.3, -0.25) is 14.3 Å². The van der Waals surface area contributed by atoms with Crippen molar-refractivity contribution in [3.63, 3.8) is 0 Å². The molecule has 0 aliphatic heterocycles. The van der Waals surface area contributed by atoms with E-state index in [1.165, 1.54) is 6.20 Å². The number of hydrogen-bond acceptors (Lipinski definition) is 7. The molecular formula is C17H20N8O2. The van der Waals surface area contributed by atoms with Crippen LogP contribution in [0.3, 0.4) is 0 Å². The molecule has 0 unspecified atom stereocenters. The highest BCUT2D eigenvalue weighted by atomic mass is 16.1. The summed E-state index contributed by atoms with van der Waals surface area (Å²) in [5, 5.41) is 10.3. The Morgan fingerprint density at radius 2 is 2.00 bits per heavy atom. The van der Waals surface area contributed by atoms with Gasteiger partial charge in [0.15, 0.2) is 0 Å². The van der Waals surface area contributed by atoms with Crippen molar-refractivity contribution in [2.75, 3.05) is 10.6 Å². The average molecular weight is 368 g/mol. The molecule has 2 aromatic rings. The van der Waals surface area contributed by atoms with E-state index in [0.717, 1.165) is 6.42 Å². The number of allylic oxidation sites excluding steroid dienone is 1. The van der Waals surface area contributed by atoms with Gasteiger partial charge in [0.1, 0.15) is 5.82 Å². The number of aromatic nitrogens is 4. The summed E-state index contributed by atoms with van der Waals surface area (Å²) in [7, 11) is 1.79. The zero-order chi connectivity index (χ0) is 19.1. The molecule has 0 saturated heterocycles. The van der Waals surface area contributed by atoms with E-state index < -0.39 is 5.91 Å². The number of rotatable bonds is 6. The molecule has 1 fully saturated rings. The molecule has 6 N–H and O–H groups in total. The topological polar surface area (TPSA) is 154 Å². The van der Waals surface area contributed by atoms with Crippen molar-refractivity contribution < 1.29 is 9.59 Å². The monoisotopic (exact) mass is 368 g/mol. The highest BCUT2D eigenvalue weighted by Gasteiger charge is 2.47. The lowest BCUT2D eigenvalue weighted by atomic mass is 9.88. The molecule has 2 amide bonds. The number of primary amides is 2. The molecule has 4 atom stereocenters. The Labute approximate surface area is 155 Å². The van der Waals surface area contributed by atoms with Crippen molar-refractivity contribution in [1.29, 1.82) is 0 Å². The van der Waals surface area contributed by atoms with Crippen molar-refractivity contribution in [2.24, 2.45) is 36.3 Å². The van der Waals surface area contributed by atoms with Crippen LogP contribution in [0.25, 0.3) is 0 Å². The normalized spacial score (nSPS) is 25.5. The molecule has 2 aromatic heterocycles. The Bertz CT molecular complexity index is 937. The van der Waals surface area contributed by atoms with Gasteiger partial charge in [0.25, 0.3) is 5.91 Å². The van der Waals surface area contributed by atoms with E-state index in [1.807, 2.05) is 6.08 Å². The Balaban J connectivity index is 1.64. The van der Waals surface area contributed by atoms with Crippen molar-refractivity contribution in [3.05, 3.63) is 36.3 Å². The molecule has 10 nitrogen and oxygen atoms in total. The lowest BCUT2D eigenvalue weighted by Gasteiger charge is -2.27. The highest BCUT2D eigenvalue weighted by molar-refractivity contribution is 5.97. The molecule has 2 aliphatic rings. The van der Waals surface area contributed by atoms with Crippen molar-refractivity contribution in [3.8, 4) is 0 Å². The molecule has 1 saturated carbocycles. The minimum Gasteiger partial charge on any atom is -0.369 e. The van der Waals surface area contributed by atoms with Crippen LogP contribution in [0.4, 0.5) is 17.5 Å². The Morgan fingerprint density at radius 3 is 2.67 bits per heavy atom. The summed E-state index contributed by atoms with van der Waals surface area (Å²) >= 11 is 0. The summed E-state index contributed by atoms with van der Waals surface area (Å²) < 4.78 is 1.64. The molecule has 2 bridgehead atoms. The maximum Gasteiger partial charge on any atom is 0.254 e. The van der Waals surface area contributed by atoms with E-state index in [0.29, 0.717) is 5.69 Å². The summed E-state index contributed by atoms with van der Waals surface area (Å²) in [5.41, 5.74) is 11.9. The summed E-state index contributed by atoms with van der Waals surface area (Å²) in [5.74, 6) is -0.557. The predicted octanol–water partition coefficient (Wildman–Crippen LogP) is 0.141. The molecule has 10 heteroatoms. The number of nitrogens with one attached hydrogen (secondary N) is 2. The van der Waals surface area contributed by atoms with Crippen LogP contribution in [0.1, 0.15) is 16.8 Å². The molecule has 27 heavy (non-hydrogen) atoms. The van der Waals surface area contributed by atoms with Crippen LogP contribution < -0.4 is 22.1 Å². The van der Waals surface area contributed by atoms with Crippen LogP contribution >= 0.6 is 0 Å².